The van der Waals surface area contributed by atoms with E-state index in [4.69, 9.17) is 32.7 Å². The van der Waals surface area contributed by atoms with Gasteiger partial charge in [-0.15, -0.1) is 0 Å². The summed E-state index contributed by atoms with van der Waals surface area (Å²) in [7, 11) is -6.42. The lowest BCUT2D eigenvalue weighted by atomic mass is 10.0. The normalized spacial score (nSPS) is 20.2. The van der Waals surface area contributed by atoms with Gasteiger partial charge in [0.05, 0.1) is 56.1 Å². The molecule has 0 spiro atoms. The lowest BCUT2D eigenvalue weighted by Crippen LogP contribution is -2.51. The number of aliphatic hydroxyl groups is 1. The van der Waals surface area contributed by atoms with Crippen molar-refractivity contribution in [3.05, 3.63) is 84.4 Å². The van der Waals surface area contributed by atoms with E-state index in [2.05, 4.69) is 10.6 Å². The van der Waals surface area contributed by atoms with Gasteiger partial charge >= 0.3 is 19.7 Å². The number of methoxy groups -OCH3 is 1. The molecule has 0 aliphatic carbocycles. The molecule has 2 aliphatic heterocycles. The van der Waals surface area contributed by atoms with Crippen molar-refractivity contribution in [1.29, 1.82) is 0 Å². The molecular formula is C41H56N3O13PS. The fraction of sp³-hybridized carbons (Fsp3) is 0.512. The second-order valence-electron chi connectivity index (χ2n) is 14.7. The van der Waals surface area contributed by atoms with E-state index < -0.39 is 60.3 Å². The van der Waals surface area contributed by atoms with Crippen LogP contribution in [0, 0.1) is 11.8 Å². The van der Waals surface area contributed by atoms with E-state index in [1.54, 1.807) is 73.7 Å². The summed E-state index contributed by atoms with van der Waals surface area (Å²) in [6, 6.07) is 20.7. The number of hydrogen-bond acceptors (Lipinski definition) is 14. The zero-order valence-electron chi connectivity index (χ0n) is 34.1. The van der Waals surface area contributed by atoms with Crippen LogP contribution in [0.5, 0.6) is 11.5 Å². The first-order chi connectivity index (χ1) is 28.2. The fourth-order valence-corrected chi connectivity index (χ4v) is 9.98. The van der Waals surface area contributed by atoms with E-state index in [0.717, 1.165) is 0 Å². The highest BCUT2D eigenvalue weighted by Gasteiger charge is 2.44. The molecule has 2 aliphatic rings. The SMILES string of the molecule is CCOC(=O)C(C)OP(=O)(CCNc1ccc(C[C@H](NC(=O)O[C@H]2CO[C@H]3OCC[C@H]32)[C@H](O)CN(CC(C)C)S(=O)(=O)c2ccc(OC)cc2)cc1)Oc1ccccc1. The van der Waals surface area contributed by atoms with Gasteiger partial charge < -0.3 is 43.9 Å². The van der Waals surface area contributed by atoms with Crippen LogP contribution in [0.3, 0.4) is 0 Å². The Hall–Kier alpha value is -4.22. The number of nitrogens with one attached hydrogen (secondary N) is 2. The van der Waals surface area contributed by atoms with Gasteiger partial charge in [0, 0.05) is 25.3 Å². The molecule has 324 valence electrons. The molecule has 3 aromatic carbocycles. The number of carbonyl (C=O) groups is 2. The van der Waals surface area contributed by atoms with Crippen molar-refractivity contribution in [2.75, 3.05) is 58.0 Å². The summed E-state index contributed by atoms with van der Waals surface area (Å²) in [4.78, 5) is 25.7. The minimum absolute atomic E-state index is 0.0378. The van der Waals surface area contributed by atoms with E-state index in [1.165, 1.54) is 30.5 Å². The van der Waals surface area contributed by atoms with Crippen LogP contribution in [0.2, 0.25) is 0 Å². The van der Waals surface area contributed by atoms with Gasteiger partial charge in [0.15, 0.2) is 12.4 Å². The van der Waals surface area contributed by atoms with Crippen LogP contribution in [-0.2, 0) is 49.3 Å². The van der Waals surface area contributed by atoms with E-state index in [-0.39, 0.29) is 62.2 Å². The van der Waals surface area contributed by atoms with Gasteiger partial charge in [-0.05, 0) is 86.7 Å². The Morgan fingerprint density at radius 1 is 0.966 bits per heavy atom. The number of carbonyl (C=O) groups excluding carboxylic acids is 2. The van der Waals surface area contributed by atoms with Crippen LogP contribution in [0.1, 0.15) is 39.7 Å². The first-order valence-corrected chi connectivity index (χ1v) is 22.9. The van der Waals surface area contributed by atoms with Crippen LogP contribution >= 0.6 is 7.60 Å². The number of amides is 1. The monoisotopic (exact) mass is 861 g/mol. The standard InChI is InChI=1S/C41H56N3O13PS/c1-6-52-39(46)29(4)56-58(48,57-33-10-8-7-9-11-33)23-21-42-31-14-12-30(13-15-31)24-36(43-41(47)55-38-27-54-40-35(38)20-22-53-40)37(45)26-44(25-28(2)3)59(49,50)34-18-16-32(51-5)17-19-34/h7-19,28-29,35-38,40,42,45H,6,20-27H2,1-5H3,(H,43,47)/t29?,35-,36-,37+,38-,40+,58?/m0/s1. The summed E-state index contributed by atoms with van der Waals surface area (Å²) in [6.45, 7) is 7.64. The molecule has 18 heteroatoms. The Bertz CT molecular complexity index is 1950. The molecule has 5 rings (SSSR count). The number of nitrogens with zero attached hydrogens (tertiary/aromatic N) is 1. The predicted molar refractivity (Wildman–Crippen MR) is 219 cm³/mol. The van der Waals surface area contributed by atoms with Gasteiger partial charge in [0.25, 0.3) is 0 Å². The van der Waals surface area contributed by atoms with Crippen molar-refractivity contribution in [2.45, 2.75) is 76.1 Å². The highest BCUT2D eigenvalue weighted by molar-refractivity contribution is 7.89. The zero-order chi connectivity index (χ0) is 42.6. The summed E-state index contributed by atoms with van der Waals surface area (Å²) in [5.74, 6) is -0.0217. The smallest absolute Gasteiger partial charge is 0.407 e. The first kappa shape index (κ1) is 45.9. The molecule has 2 unspecified atom stereocenters. The maximum absolute atomic E-state index is 13.9. The van der Waals surface area contributed by atoms with Gasteiger partial charge in [0.1, 0.15) is 17.6 Å². The quantitative estimate of drug-likeness (QED) is 0.0851. The van der Waals surface area contributed by atoms with E-state index in [1.807, 2.05) is 13.8 Å². The second kappa shape index (κ2) is 21.3. The summed E-state index contributed by atoms with van der Waals surface area (Å²) < 4.78 is 81.5. The van der Waals surface area contributed by atoms with E-state index >= 15 is 0 Å². The van der Waals surface area contributed by atoms with Gasteiger partial charge in [-0.25, -0.2) is 22.6 Å². The summed E-state index contributed by atoms with van der Waals surface area (Å²) in [6.07, 6.45) is -3.51. The Labute approximate surface area is 346 Å². The molecule has 3 N–H and O–H groups in total. The molecule has 2 fully saturated rings. The molecule has 0 radical (unpaired) electrons. The highest BCUT2D eigenvalue weighted by Crippen LogP contribution is 2.49. The van der Waals surface area contributed by atoms with Crippen LogP contribution < -0.4 is 19.9 Å². The topological polar surface area (TPSA) is 197 Å². The molecule has 3 aromatic rings. The van der Waals surface area contributed by atoms with Gasteiger partial charge in [-0.1, -0.05) is 44.2 Å². The third-order valence-electron chi connectivity index (χ3n) is 9.72. The third kappa shape index (κ3) is 13.1. The first-order valence-electron chi connectivity index (χ1n) is 19.7. The maximum Gasteiger partial charge on any atom is 0.407 e. The average molecular weight is 862 g/mol. The van der Waals surface area contributed by atoms with Crippen LogP contribution in [0.25, 0.3) is 0 Å². The molecule has 0 saturated carbocycles. The molecule has 1 amide bonds. The van der Waals surface area contributed by atoms with Crippen molar-refractivity contribution in [1.82, 2.24) is 9.62 Å². The number of ether oxygens (including phenoxy) is 5. The number of para-hydroxylation sites is 1. The zero-order valence-corrected chi connectivity index (χ0v) is 35.8. The maximum atomic E-state index is 13.9. The number of benzene rings is 3. The number of fused-ring (bicyclic) bond motifs is 1. The number of aliphatic hydroxyl groups excluding tert-OH is 1. The fourth-order valence-electron chi connectivity index (χ4n) is 6.72. The van der Waals surface area contributed by atoms with Crippen LogP contribution in [0.15, 0.2) is 83.8 Å². The number of hydrogen-bond donors (Lipinski definition) is 3. The van der Waals surface area contributed by atoms with Crippen molar-refractivity contribution >= 4 is 35.4 Å². The van der Waals surface area contributed by atoms with E-state index in [0.29, 0.717) is 35.8 Å². The number of sulfonamides is 1. The summed E-state index contributed by atoms with van der Waals surface area (Å²) in [5, 5.41) is 17.8. The summed E-state index contributed by atoms with van der Waals surface area (Å²) >= 11 is 0. The number of rotatable bonds is 22. The summed E-state index contributed by atoms with van der Waals surface area (Å²) in [5.41, 5.74) is 1.37. The molecule has 59 heavy (non-hydrogen) atoms. The predicted octanol–water partition coefficient (Wildman–Crippen LogP) is 5.45. The van der Waals surface area contributed by atoms with Crippen molar-refractivity contribution < 1.29 is 60.4 Å². The number of alkyl carbamates (subject to hydrolysis) is 1. The van der Waals surface area contributed by atoms with Gasteiger partial charge in [0.2, 0.25) is 10.0 Å². The lowest BCUT2D eigenvalue weighted by molar-refractivity contribution is -0.150. The Morgan fingerprint density at radius 2 is 1.68 bits per heavy atom. The Balaban J connectivity index is 1.29. The number of esters is 1. The van der Waals surface area contributed by atoms with Crippen molar-refractivity contribution in [3.63, 3.8) is 0 Å². The number of anilines is 1. The highest BCUT2D eigenvalue weighted by atomic mass is 32.2. The van der Waals surface area contributed by atoms with Crippen LogP contribution in [0.4, 0.5) is 10.5 Å². The van der Waals surface area contributed by atoms with Crippen molar-refractivity contribution in [3.8, 4) is 11.5 Å². The third-order valence-corrected chi connectivity index (χ3v) is 13.5. The molecular weight excluding hydrogens is 805 g/mol. The molecule has 2 saturated heterocycles. The van der Waals surface area contributed by atoms with Crippen molar-refractivity contribution in [2.24, 2.45) is 11.8 Å². The van der Waals surface area contributed by atoms with E-state index in [9.17, 15) is 27.7 Å². The minimum atomic E-state index is -4.06. The van der Waals surface area contributed by atoms with Gasteiger partial charge in [-0.3, -0.25) is 4.52 Å². The second-order valence-corrected chi connectivity index (χ2v) is 18.7. The largest absolute Gasteiger partial charge is 0.497 e. The molecule has 16 nitrogen and oxygen atoms in total. The lowest BCUT2D eigenvalue weighted by Gasteiger charge is -2.31. The average Bonchev–Trinajstić information content (AvgIpc) is 3.83. The molecule has 0 aromatic heterocycles. The molecule has 7 atom stereocenters. The Morgan fingerprint density at radius 3 is 2.34 bits per heavy atom. The molecule has 0 bridgehead atoms. The minimum Gasteiger partial charge on any atom is -0.497 e. The van der Waals surface area contributed by atoms with Crippen LogP contribution in [-0.4, -0.2) is 113 Å². The Kier molecular flexibility index (Phi) is 16.6. The molecule has 2 heterocycles. The van der Waals surface area contributed by atoms with Gasteiger partial charge in [-0.2, -0.15) is 4.31 Å².